The van der Waals surface area contributed by atoms with E-state index in [-0.39, 0.29) is 5.91 Å². The molecule has 1 amide bonds. The number of rotatable bonds is 3. The molecular weight excluding hydrogens is 264 g/mol. The highest BCUT2D eigenvalue weighted by Crippen LogP contribution is 2.24. The maximum atomic E-state index is 12.5. The van der Waals surface area contributed by atoms with Crippen LogP contribution in [0.25, 0.3) is 10.9 Å². The number of fused-ring (bicyclic) bond motifs is 1. The number of aryl methyl sites for hydroxylation is 1. The van der Waals surface area contributed by atoms with Crippen LogP contribution in [-0.2, 0) is 0 Å². The van der Waals surface area contributed by atoms with Crippen molar-refractivity contribution in [3.8, 4) is 5.75 Å². The number of aromatic nitrogens is 1. The third kappa shape index (κ3) is 2.48. The minimum Gasteiger partial charge on any atom is -0.497 e. The van der Waals surface area contributed by atoms with E-state index in [1.807, 2.05) is 49.4 Å². The fourth-order valence-electron chi connectivity index (χ4n) is 2.32. The number of hydrogen-bond donors (Lipinski definition) is 2. The Hall–Kier alpha value is -2.75. The predicted molar refractivity (Wildman–Crippen MR) is 84.0 cm³/mol. The number of ether oxygens (including phenoxy) is 1. The lowest BCUT2D eigenvalue weighted by atomic mass is 10.1. The largest absolute Gasteiger partial charge is 0.497 e. The van der Waals surface area contributed by atoms with Gasteiger partial charge >= 0.3 is 0 Å². The molecule has 0 spiro atoms. The van der Waals surface area contributed by atoms with Crippen LogP contribution in [0.15, 0.2) is 48.7 Å². The van der Waals surface area contributed by atoms with Gasteiger partial charge in [0.1, 0.15) is 5.75 Å². The molecule has 0 saturated heterocycles. The van der Waals surface area contributed by atoms with Crippen LogP contribution in [0.3, 0.4) is 0 Å². The van der Waals surface area contributed by atoms with E-state index in [0.717, 1.165) is 27.9 Å². The molecule has 2 N–H and O–H groups in total. The van der Waals surface area contributed by atoms with Gasteiger partial charge in [-0.3, -0.25) is 4.79 Å². The second-order valence-corrected chi connectivity index (χ2v) is 4.88. The number of benzene rings is 2. The summed E-state index contributed by atoms with van der Waals surface area (Å²) in [6.45, 7) is 1.97. The van der Waals surface area contributed by atoms with Gasteiger partial charge in [-0.25, -0.2) is 0 Å². The average Bonchev–Trinajstić information content (AvgIpc) is 2.92. The lowest BCUT2D eigenvalue weighted by Crippen LogP contribution is -2.12. The Morgan fingerprint density at radius 2 is 2.00 bits per heavy atom. The Bertz CT molecular complexity index is 805. The van der Waals surface area contributed by atoms with Crippen LogP contribution in [0.1, 0.15) is 15.9 Å². The van der Waals surface area contributed by atoms with Gasteiger partial charge in [-0.1, -0.05) is 18.2 Å². The van der Waals surface area contributed by atoms with Crippen LogP contribution in [0.4, 0.5) is 5.69 Å². The van der Waals surface area contributed by atoms with Crippen LogP contribution in [0, 0.1) is 6.92 Å². The number of nitrogens with one attached hydrogen (secondary N) is 2. The summed E-state index contributed by atoms with van der Waals surface area (Å²) in [6, 6.07) is 13.3. The van der Waals surface area contributed by atoms with Crippen LogP contribution in [0.5, 0.6) is 5.75 Å². The van der Waals surface area contributed by atoms with Gasteiger partial charge in [-0.05, 0) is 36.8 Å². The van der Waals surface area contributed by atoms with E-state index in [1.165, 1.54) is 0 Å². The maximum Gasteiger partial charge on any atom is 0.257 e. The molecule has 3 aromatic rings. The molecule has 0 unspecified atom stereocenters. The van der Waals surface area contributed by atoms with E-state index in [0.29, 0.717) is 5.56 Å². The lowest BCUT2D eigenvalue weighted by Gasteiger charge is -2.07. The SMILES string of the molecule is COc1ccc2[nH]cc(C(=O)Nc3ccccc3C)c2c1. The summed E-state index contributed by atoms with van der Waals surface area (Å²) in [5, 5.41) is 3.79. The summed E-state index contributed by atoms with van der Waals surface area (Å²) in [5.74, 6) is 0.593. The Morgan fingerprint density at radius 1 is 1.19 bits per heavy atom. The first-order valence-electron chi connectivity index (χ1n) is 6.71. The number of carbonyl (C=O) groups excluding carboxylic acids is 1. The van der Waals surface area contributed by atoms with Crippen LogP contribution in [-0.4, -0.2) is 18.0 Å². The van der Waals surface area contributed by atoms with Crippen molar-refractivity contribution in [1.29, 1.82) is 0 Å². The van der Waals surface area contributed by atoms with Gasteiger partial charge in [0.05, 0.1) is 12.7 Å². The average molecular weight is 280 g/mol. The molecule has 21 heavy (non-hydrogen) atoms. The zero-order valence-corrected chi connectivity index (χ0v) is 11.9. The number of H-pyrrole nitrogens is 1. The smallest absolute Gasteiger partial charge is 0.257 e. The third-order valence-corrected chi connectivity index (χ3v) is 3.53. The number of carbonyl (C=O) groups is 1. The fourth-order valence-corrected chi connectivity index (χ4v) is 2.32. The fraction of sp³-hybridized carbons (Fsp3) is 0.118. The van der Waals surface area contributed by atoms with Gasteiger partial charge < -0.3 is 15.0 Å². The number of para-hydroxylation sites is 1. The van der Waals surface area contributed by atoms with Crippen molar-refractivity contribution >= 4 is 22.5 Å². The molecule has 3 rings (SSSR count). The number of aromatic amines is 1. The number of hydrogen-bond acceptors (Lipinski definition) is 2. The molecule has 2 aromatic carbocycles. The molecule has 0 radical (unpaired) electrons. The number of anilines is 1. The molecule has 1 aromatic heterocycles. The molecule has 0 saturated carbocycles. The number of methoxy groups -OCH3 is 1. The highest BCUT2D eigenvalue weighted by molar-refractivity contribution is 6.13. The molecule has 0 aliphatic rings. The topological polar surface area (TPSA) is 54.1 Å². The van der Waals surface area contributed by atoms with Crippen LogP contribution >= 0.6 is 0 Å². The monoisotopic (exact) mass is 280 g/mol. The van der Waals surface area contributed by atoms with Crippen molar-refractivity contribution in [3.63, 3.8) is 0 Å². The van der Waals surface area contributed by atoms with E-state index in [9.17, 15) is 4.79 Å². The summed E-state index contributed by atoms with van der Waals surface area (Å²) in [7, 11) is 1.61. The molecule has 0 atom stereocenters. The molecule has 106 valence electrons. The molecule has 4 heteroatoms. The first-order valence-corrected chi connectivity index (χ1v) is 6.71. The molecule has 0 aliphatic heterocycles. The van der Waals surface area contributed by atoms with Crippen molar-refractivity contribution in [2.45, 2.75) is 6.92 Å². The van der Waals surface area contributed by atoms with E-state index in [1.54, 1.807) is 13.3 Å². The standard InChI is InChI=1S/C17H16N2O2/c1-11-5-3-4-6-15(11)19-17(20)14-10-18-16-8-7-12(21-2)9-13(14)16/h3-10,18H,1-2H3,(H,19,20). The first kappa shape index (κ1) is 13.2. The van der Waals surface area contributed by atoms with Crippen molar-refractivity contribution in [3.05, 3.63) is 59.8 Å². The molecular formula is C17H16N2O2. The zero-order valence-electron chi connectivity index (χ0n) is 11.9. The second kappa shape index (κ2) is 5.32. The van der Waals surface area contributed by atoms with Gasteiger partial charge in [0, 0.05) is 22.8 Å². The third-order valence-electron chi connectivity index (χ3n) is 3.53. The van der Waals surface area contributed by atoms with E-state index in [4.69, 9.17) is 4.74 Å². The Morgan fingerprint density at radius 3 is 2.76 bits per heavy atom. The summed E-state index contributed by atoms with van der Waals surface area (Å²) in [6.07, 6.45) is 1.72. The summed E-state index contributed by atoms with van der Waals surface area (Å²) in [4.78, 5) is 15.6. The van der Waals surface area contributed by atoms with Crippen molar-refractivity contribution in [1.82, 2.24) is 4.98 Å². The quantitative estimate of drug-likeness (QED) is 0.768. The normalized spacial score (nSPS) is 10.6. The minimum absolute atomic E-state index is 0.135. The van der Waals surface area contributed by atoms with Gasteiger partial charge in [0.15, 0.2) is 0 Å². The zero-order chi connectivity index (χ0) is 14.8. The lowest BCUT2D eigenvalue weighted by molar-refractivity contribution is 0.102. The number of amides is 1. The first-order chi connectivity index (χ1) is 10.2. The summed E-state index contributed by atoms with van der Waals surface area (Å²) >= 11 is 0. The van der Waals surface area contributed by atoms with Gasteiger partial charge in [0.25, 0.3) is 5.91 Å². The second-order valence-electron chi connectivity index (χ2n) is 4.88. The Labute approximate surface area is 122 Å². The summed E-state index contributed by atoms with van der Waals surface area (Å²) in [5.41, 5.74) is 3.36. The van der Waals surface area contributed by atoms with Gasteiger partial charge in [-0.15, -0.1) is 0 Å². The van der Waals surface area contributed by atoms with E-state index in [2.05, 4.69) is 10.3 Å². The summed E-state index contributed by atoms with van der Waals surface area (Å²) < 4.78 is 5.22. The van der Waals surface area contributed by atoms with Crippen LogP contribution in [0.2, 0.25) is 0 Å². The highest BCUT2D eigenvalue weighted by Gasteiger charge is 2.13. The molecule has 0 fully saturated rings. The predicted octanol–water partition coefficient (Wildman–Crippen LogP) is 3.74. The minimum atomic E-state index is -0.135. The maximum absolute atomic E-state index is 12.5. The van der Waals surface area contributed by atoms with Crippen molar-refractivity contribution in [2.24, 2.45) is 0 Å². The van der Waals surface area contributed by atoms with Crippen LogP contribution < -0.4 is 10.1 Å². The Kier molecular flexibility index (Phi) is 3.36. The molecule has 1 heterocycles. The van der Waals surface area contributed by atoms with E-state index < -0.39 is 0 Å². The van der Waals surface area contributed by atoms with Gasteiger partial charge in [-0.2, -0.15) is 0 Å². The molecule has 0 aliphatic carbocycles. The van der Waals surface area contributed by atoms with E-state index >= 15 is 0 Å². The molecule has 0 bridgehead atoms. The van der Waals surface area contributed by atoms with Gasteiger partial charge in [0.2, 0.25) is 0 Å². The van der Waals surface area contributed by atoms with Crippen molar-refractivity contribution < 1.29 is 9.53 Å². The molecule has 4 nitrogen and oxygen atoms in total. The van der Waals surface area contributed by atoms with Crippen molar-refractivity contribution in [2.75, 3.05) is 12.4 Å². The highest BCUT2D eigenvalue weighted by atomic mass is 16.5. The Balaban J connectivity index is 1.96.